The summed E-state index contributed by atoms with van der Waals surface area (Å²) >= 11 is 1.24. The van der Waals surface area contributed by atoms with Gasteiger partial charge in [0.2, 0.25) is 11.1 Å². The Bertz CT molecular complexity index is 934. The molecule has 0 spiro atoms. The number of benzene rings is 2. The summed E-state index contributed by atoms with van der Waals surface area (Å²) in [5.74, 6) is -0.0508. The second-order valence-electron chi connectivity index (χ2n) is 5.42. The van der Waals surface area contributed by atoms with Gasteiger partial charge in [-0.05, 0) is 41.1 Å². The van der Waals surface area contributed by atoms with Gasteiger partial charge in [0.15, 0.2) is 0 Å². The second kappa shape index (κ2) is 8.27. The lowest BCUT2D eigenvalue weighted by Crippen LogP contribution is -2.32. The molecule has 0 aliphatic carbocycles. The molecule has 0 atom stereocenters. The Balaban J connectivity index is 1.75. The van der Waals surface area contributed by atoms with Gasteiger partial charge in [0.1, 0.15) is 6.54 Å². The number of thioether (sulfide) groups is 1. The van der Waals surface area contributed by atoms with Crippen molar-refractivity contribution in [1.82, 2.24) is 20.2 Å². The highest BCUT2D eigenvalue weighted by Crippen LogP contribution is 2.22. The molecule has 0 saturated carbocycles. The Morgan fingerprint density at radius 2 is 1.92 bits per heavy atom. The van der Waals surface area contributed by atoms with Crippen LogP contribution in [0.5, 0.6) is 0 Å². The maximum Gasteiger partial charge on any atom is 0.238 e. The molecule has 0 N–H and O–H groups in total. The van der Waals surface area contributed by atoms with Gasteiger partial charge in [0.05, 0.1) is 17.5 Å². The topological polar surface area (TPSA) is 87.7 Å². The van der Waals surface area contributed by atoms with E-state index in [2.05, 4.69) is 15.5 Å². The molecular weight excluding hydrogens is 348 g/mol. The van der Waals surface area contributed by atoms with E-state index >= 15 is 0 Å². The van der Waals surface area contributed by atoms with E-state index in [0.717, 1.165) is 11.3 Å². The first-order chi connectivity index (χ1) is 12.7. The number of tetrazole rings is 1. The van der Waals surface area contributed by atoms with E-state index < -0.39 is 0 Å². The van der Waals surface area contributed by atoms with Crippen LogP contribution in [-0.2, 0) is 4.79 Å². The summed E-state index contributed by atoms with van der Waals surface area (Å²) in [7, 11) is 0. The average molecular weight is 364 g/mol. The molecule has 3 rings (SSSR count). The zero-order valence-electron chi connectivity index (χ0n) is 14.1. The van der Waals surface area contributed by atoms with Crippen molar-refractivity contribution in [2.45, 2.75) is 12.1 Å². The molecule has 0 bridgehead atoms. The number of nitriles is 1. The molecule has 7 nitrogen and oxygen atoms in total. The van der Waals surface area contributed by atoms with Crippen LogP contribution in [0, 0.1) is 18.3 Å². The standard InChI is InChI=1S/C18H16N6OS/c1-14-7-5-6-10-16(14)24-18(20-21-22-24)26-13-17(25)23(12-11-19)15-8-3-2-4-9-15/h2-10H,12-13H2,1H3. The van der Waals surface area contributed by atoms with E-state index in [1.807, 2.05) is 55.5 Å². The fourth-order valence-electron chi connectivity index (χ4n) is 2.43. The number of para-hydroxylation sites is 2. The van der Waals surface area contributed by atoms with Gasteiger partial charge in [0, 0.05) is 5.69 Å². The normalized spacial score (nSPS) is 10.3. The molecule has 2 aromatic carbocycles. The van der Waals surface area contributed by atoms with E-state index in [1.165, 1.54) is 16.7 Å². The third-order valence-corrected chi connectivity index (χ3v) is 4.61. The summed E-state index contributed by atoms with van der Waals surface area (Å²) in [5.41, 5.74) is 2.59. The van der Waals surface area contributed by atoms with Crippen molar-refractivity contribution in [3.05, 3.63) is 60.2 Å². The predicted octanol–water partition coefficient (Wildman–Crippen LogP) is 2.62. The van der Waals surface area contributed by atoms with Gasteiger partial charge in [-0.25, -0.2) is 0 Å². The van der Waals surface area contributed by atoms with Crippen LogP contribution in [-0.4, -0.2) is 38.4 Å². The van der Waals surface area contributed by atoms with Crippen molar-refractivity contribution in [3.63, 3.8) is 0 Å². The summed E-state index contributed by atoms with van der Waals surface area (Å²) in [6, 6.07) is 18.9. The maximum absolute atomic E-state index is 12.6. The molecule has 1 amide bonds. The number of aryl methyl sites for hydroxylation is 1. The zero-order valence-corrected chi connectivity index (χ0v) is 14.9. The maximum atomic E-state index is 12.6. The molecule has 0 aliphatic rings. The van der Waals surface area contributed by atoms with Crippen LogP contribution in [0.25, 0.3) is 5.69 Å². The van der Waals surface area contributed by atoms with Crippen LogP contribution in [0.1, 0.15) is 5.56 Å². The summed E-state index contributed by atoms with van der Waals surface area (Å²) in [4.78, 5) is 14.1. The number of rotatable bonds is 6. The molecule has 0 radical (unpaired) electrons. The van der Waals surface area contributed by atoms with E-state index in [1.54, 1.807) is 16.8 Å². The molecule has 8 heteroatoms. The van der Waals surface area contributed by atoms with Crippen molar-refractivity contribution in [2.75, 3.05) is 17.2 Å². The summed E-state index contributed by atoms with van der Waals surface area (Å²) < 4.78 is 1.62. The highest BCUT2D eigenvalue weighted by atomic mass is 32.2. The molecular formula is C18H16N6OS. The van der Waals surface area contributed by atoms with Gasteiger partial charge in [-0.1, -0.05) is 48.2 Å². The van der Waals surface area contributed by atoms with Crippen LogP contribution in [0.15, 0.2) is 59.8 Å². The Morgan fingerprint density at radius 3 is 2.65 bits per heavy atom. The van der Waals surface area contributed by atoms with Gasteiger partial charge in [-0.3, -0.25) is 9.69 Å². The Morgan fingerprint density at radius 1 is 1.19 bits per heavy atom. The SMILES string of the molecule is Cc1ccccc1-n1nnnc1SCC(=O)N(CC#N)c1ccccc1. The van der Waals surface area contributed by atoms with Crippen molar-refractivity contribution in [1.29, 1.82) is 5.26 Å². The Labute approximate surface area is 155 Å². The third kappa shape index (κ3) is 3.90. The van der Waals surface area contributed by atoms with Crippen molar-refractivity contribution < 1.29 is 4.79 Å². The monoisotopic (exact) mass is 364 g/mol. The van der Waals surface area contributed by atoms with Crippen LogP contribution in [0.4, 0.5) is 5.69 Å². The summed E-state index contributed by atoms with van der Waals surface area (Å²) in [6.07, 6.45) is 0. The lowest BCUT2D eigenvalue weighted by molar-refractivity contribution is -0.116. The number of carbonyl (C=O) groups excluding carboxylic acids is 1. The largest absolute Gasteiger partial charge is 0.298 e. The van der Waals surface area contributed by atoms with Crippen molar-refractivity contribution >= 4 is 23.4 Å². The number of anilines is 1. The van der Waals surface area contributed by atoms with Gasteiger partial charge in [-0.2, -0.15) is 9.94 Å². The van der Waals surface area contributed by atoms with Crippen molar-refractivity contribution in [2.24, 2.45) is 0 Å². The first-order valence-electron chi connectivity index (χ1n) is 7.90. The smallest absolute Gasteiger partial charge is 0.238 e. The summed E-state index contributed by atoms with van der Waals surface area (Å²) in [6.45, 7) is 1.97. The highest BCUT2D eigenvalue weighted by Gasteiger charge is 2.18. The molecule has 130 valence electrons. The number of nitrogens with zero attached hydrogens (tertiary/aromatic N) is 6. The third-order valence-electron chi connectivity index (χ3n) is 3.71. The fraction of sp³-hybridized carbons (Fsp3) is 0.167. The van der Waals surface area contributed by atoms with E-state index in [4.69, 9.17) is 5.26 Å². The molecule has 0 unspecified atom stereocenters. The highest BCUT2D eigenvalue weighted by molar-refractivity contribution is 7.99. The summed E-state index contributed by atoms with van der Waals surface area (Å²) in [5, 5.41) is 21.3. The molecule has 26 heavy (non-hydrogen) atoms. The van der Waals surface area contributed by atoms with E-state index in [-0.39, 0.29) is 18.2 Å². The molecule has 1 aromatic heterocycles. The predicted molar refractivity (Wildman–Crippen MR) is 99.0 cm³/mol. The van der Waals surface area contributed by atoms with Gasteiger partial charge in [0.25, 0.3) is 0 Å². The van der Waals surface area contributed by atoms with Gasteiger partial charge in [-0.15, -0.1) is 5.10 Å². The molecule has 1 heterocycles. The molecule has 3 aromatic rings. The van der Waals surface area contributed by atoms with Gasteiger partial charge < -0.3 is 0 Å². The Hall–Kier alpha value is -3.18. The van der Waals surface area contributed by atoms with Crippen molar-refractivity contribution in [3.8, 4) is 11.8 Å². The van der Waals surface area contributed by atoms with Crippen LogP contribution in [0.2, 0.25) is 0 Å². The molecule has 0 saturated heterocycles. The number of hydrogen-bond donors (Lipinski definition) is 0. The quantitative estimate of drug-likeness (QED) is 0.493. The minimum absolute atomic E-state index is 0.00780. The first kappa shape index (κ1) is 17.6. The first-order valence-corrected chi connectivity index (χ1v) is 8.89. The zero-order chi connectivity index (χ0) is 18.4. The lowest BCUT2D eigenvalue weighted by Gasteiger charge is -2.19. The molecule has 0 aliphatic heterocycles. The van der Waals surface area contributed by atoms with E-state index in [0.29, 0.717) is 10.8 Å². The Kier molecular flexibility index (Phi) is 5.61. The van der Waals surface area contributed by atoms with Crippen LogP contribution >= 0.6 is 11.8 Å². The van der Waals surface area contributed by atoms with Crippen LogP contribution < -0.4 is 4.90 Å². The van der Waals surface area contributed by atoms with Gasteiger partial charge >= 0.3 is 0 Å². The average Bonchev–Trinajstić information content (AvgIpc) is 3.13. The number of hydrogen-bond acceptors (Lipinski definition) is 6. The number of carbonyl (C=O) groups is 1. The van der Waals surface area contributed by atoms with Crippen LogP contribution in [0.3, 0.4) is 0 Å². The van der Waals surface area contributed by atoms with E-state index in [9.17, 15) is 4.79 Å². The number of amides is 1. The number of aromatic nitrogens is 4. The molecule has 0 fully saturated rings. The lowest BCUT2D eigenvalue weighted by atomic mass is 10.2. The second-order valence-corrected chi connectivity index (χ2v) is 6.36. The minimum atomic E-state index is -0.179. The fourth-order valence-corrected chi connectivity index (χ4v) is 3.19. The minimum Gasteiger partial charge on any atom is -0.298 e.